The van der Waals surface area contributed by atoms with Gasteiger partial charge in [0.05, 0.1) is 12.4 Å². The summed E-state index contributed by atoms with van der Waals surface area (Å²) in [6.07, 6.45) is 3.82. The Kier molecular flexibility index (Phi) is 2.82. The van der Waals surface area contributed by atoms with E-state index in [0.29, 0.717) is 12.4 Å². The van der Waals surface area contributed by atoms with Crippen molar-refractivity contribution in [1.29, 1.82) is 0 Å². The standard InChI is InChI=1S/C7H11N3O2S/c1-3-9-6-4-8-5-7(10-6)13(2,11)12/h4-5H,3H2,1-2H3,(H,9,10). The van der Waals surface area contributed by atoms with Gasteiger partial charge in [-0.2, -0.15) is 0 Å². The second-order valence-electron chi connectivity index (χ2n) is 2.55. The van der Waals surface area contributed by atoms with Crippen LogP contribution in [0, 0.1) is 0 Å². The van der Waals surface area contributed by atoms with Crippen molar-refractivity contribution in [2.24, 2.45) is 0 Å². The summed E-state index contributed by atoms with van der Waals surface area (Å²) in [6.45, 7) is 2.58. The summed E-state index contributed by atoms with van der Waals surface area (Å²) in [5, 5.41) is 2.87. The average molecular weight is 201 g/mol. The summed E-state index contributed by atoms with van der Waals surface area (Å²) < 4.78 is 22.1. The summed E-state index contributed by atoms with van der Waals surface area (Å²) >= 11 is 0. The molecule has 6 heteroatoms. The van der Waals surface area contributed by atoms with Crippen LogP contribution >= 0.6 is 0 Å². The van der Waals surface area contributed by atoms with Crippen LogP contribution in [0.3, 0.4) is 0 Å². The third-order valence-corrected chi connectivity index (χ3v) is 2.31. The highest BCUT2D eigenvalue weighted by atomic mass is 32.2. The number of rotatable bonds is 3. The highest BCUT2D eigenvalue weighted by molar-refractivity contribution is 7.90. The number of hydrogen-bond donors (Lipinski definition) is 1. The lowest BCUT2D eigenvalue weighted by Gasteiger charge is -2.02. The number of anilines is 1. The SMILES string of the molecule is CCNc1cncc(S(C)(=O)=O)n1. The maximum Gasteiger partial charge on any atom is 0.194 e. The summed E-state index contributed by atoms with van der Waals surface area (Å²) in [5.74, 6) is 0.477. The van der Waals surface area contributed by atoms with Gasteiger partial charge in [0.2, 0.25) is 0 Å². The molecule has 1 N–H and O–H groups in total. The Balaban J connectivity index is 3.06. The minimum absolute atomic E-state index is 0.00838. The van der Waals surface area contributed by atoms with E-state index in [-0.39, 0.29) is 5.03 Å². The summed E-state index contributed by atoms with van der Waals surface area (Å²) in [7, 11) is -3.26. The van der Waals surface area contributed by atoms with E-state index >= 15 is 0 Å². The molecule has 5 nitrogen and oxygen atoms in total. The van der Waals surface area contributed by atoms with Gasteiger partial charge in [-0.05, 0) is 6.92 Å². The second-order valence-corrected chi connectivity index (χ2v) is 4.51. The van der Waals surface area contributed by atoms with Crippen molar-refractivity contribution >= 4 is 15.7 Å². The van der Waals surface area contributed by atoms with Crippen molar-refractivity contribution < 1.29 is 8.42 Å². The van der Waals surface area contributed by atoms with Crippen LogP contribution < -0.4 is 5.32 Å². The third kappa shape index (κ3) is 2.66. The topological polar surface area (TPSA) is 72.0 Å². The Morgan fingerprint density at radius 2 is 2.15 bits per heavy atom. The van der Waals surface area contributed by atoms with Gasteiger partial charge < -0.3 is 5.32 Å². The molecule has 1 rings (SSSR count). The molecule has 1 aromatic rings. The van der Waals surface area contributed by atoms with E-state index in [4.69, 9.17) is 0 Å². The van der Waals surface area contributed by atoms with E-state index in [0.717, 1.165) is 6.26 Å². The van der Waals surface area contributed by atoms with Crippen LogP contribution in [0.1, 0.15) is 6.92 Å². The molecule has 0 fully saturated rings. The van der Waals surface area contributed by atoms with Crippen LogP contribution in [0.4, 0.5) is 5.82 Å². The van der Waals surface area contributed by atoms with E-state index in [1.54, 1.807) is 0 Å². The van der Waals surface area contributed by atoms with Crippen molar-refractivity contribution in [3.8, 4) is 0 Å². The van der Waals surface area contributed by atoms with E-state index < -0.39 is 9.84 Å². The third-order valence-electron chi connectivity index (χ3n) is 1.35. The number of nitrogens with zero attached hydrogens (tertiary/aromatic N) is 2. The van der Waals surface area contributed by atoms with Crippen LogP contribution in [0.5, 0.6) is 0 Å². The molecule has 0 saturated heterocycles. The molecule has 0 aliphatic heterocycles. The first-order valence-electron chi connectivity index (χ1n) is 3.80. The highest BCUT2D eigenvalue weighted by Gasteiger charge is 2.09. The van der Waals surface area contributed by atoms with Crippen molar-refractivity contribution in [2.45, 2.75) is 11.9 Å². The normalized spacial score (nSPS) is 11.2. The van der Waals surface area contributed by atoms with Crippen LogP contribution in [-0.2, 0) is 9.84 Å². The largest absolute Gasteiger partial charge is 0.369 e. The van der Waals surface area contributed by atoms with Crippen LogP contribution in [-0.4, -0.2) is 31.2 Å². The number of nitrogens with one attached hydrogen (secondary N) is 1. The highest BCUT2D eigenvalue weighted by Crippen LogP contribution is 2.06. The lowest BCUT2D eigenvalue weighted by Crippen LogP contribution is -2.05. The number of hydrogen-bond acceptors (Lipinski definition) is 5. The Hall–Kier alpha value is -1.17. The lowest BCUT2D eigenvalue weighted by atomic mass is 10.6. The molecule has 0 bridgehead atoms. The first kappa shape index (κ1) is 9.91. The zero-order valence-electron chi connectivity index (χ0n) is 7.48. The van der Waals surface area contributed by atoms with Gasteiger partial charge in [0.15, 0.2) is 14.9 Å². The summed E-state index contributed by atoms with van der Waals surface area (Å²) in [5.41, 5.74) is 0. The molecule has 13 heavy (non-hydrogen) atoms. The molecule has 72 valence electrons. The van der Waals surface area contributed by atoms with E-state index in [2.05, 4.69) is 15.3 Å². The van der Waals surface area contributed by atoms with Crippen molar-refractivity contribution in [3.63, 3.8) is 0 Å². The quantitative estimate of drug-likeness (QED) is 0.762. The zero-order chi connectivity index (χ0) is 9.90. The molecule has 0 atom stereocenters. The lowest BCUT2D eigenvalue weighted by molar-refractivity contribution is 0.597. The van der Waals surface area contributed by atoms with Gasteiger partial charge in [0.25, 0.3) is 0 Å². The molecule has 0 radical (unpaired) electrons. The fraction of sp³-hybridized carbons (Fsp3) is 0.429. The van der Waals surface area contributed by atoms with Gasteiger partial charge in [0.1, 0.15) is 5.82 Å². The molecule has 0 unspecified atom stereocenters. The Morgan fingerprint density at radius 1 is 1.46 bits per heavy atom. The number of aromatic nitrogens is 2. The molecule has 0 aliphatic carbocycles. The first-order chi connectivity index (χ1) is 6.04. The minimum Gasteiger partial charge on any atom is -0.369 e. The van der Waals surface area contributed by atoms with E-state index in [1.807, 2.05) is 6.92 Å². The fourth-order valence-electron chi connectivity index (χ4n) is 0.793. The zero-order valence-corrected chi connectivity index (χ0v) is 8.30. The van der Waals surface area contributed by atoms with E-state index in [1.165, 1.54) is 12.4 Å². The van der Waals surface area contributed by atoms with Gasteiger partial charge in [-0.1, -0.05) is 0 Å². The molecule has 0 amide bonds. The molecule has 0 spiro atoms. The van der Waals surface area contributed by atoms with Crippen molar-refractivity contribution in [2.75, 3.05) is 18.1 Å². The average Bonchev–Trinajstić information content (AvgIpc) is 2.04. The molecule has 0 saturated carbocycles. The fourth-order valence-corrected chi connectivity index (χ4v) is 1.31. The van der Waals surface area contributed by atoms with Gasteiger partial charge in [-0.15, -0.1) is 0 Å². The summed E-state index contributed by atoms with van der Waals surface area (Å²) in [6, 6.07) is 0. The summed E-state index contributed by atoms with van der Waals surface area (Å²) in [4.78, 5) is 7.64. The molecule has 1 heterocycles. The van der Waals surface area contributed by atoms with Gasteiger partial charge in [-0.3, -0.25) is 4.98 Å². The van der Waals surface area contributed by atoms with Crippen molar-refractivity contribution in [1.82, 2.24) is 9.97 Å². The Labute approximate surface area is 77.1 Å². The van der Waals surface area contributed by atoms with Gasteiger partial charge in [-0.25, -0.2) is 13.4 Å². The molecule has 0 aliphatic rings. The van der Waals surface area contributed by atoms with Crippen LogP contribution in [0.15, 0.2) is 17.4 Å². The predicted molar refractivity (Wildman–Crippen MR) is 49.3 cm³/mol. The monoisotopic (exact) mass is 201 g/mol. The van der Waals surface area contributed by atoms with Gasteiger partial charge >= 0.3 is 0 Å². The molecule has 1 aromatic heterocycles. The Bertz CT molecular complexity index is 388. The van der Waals surface area contributed by atoms with E-state index in [9.17, 15) is 8.42 Å². The maximum absolute atomic E-state index is 11.1. The predicted octanol–water partition coefficient (Wildman–Crippen LogP) is 0.312. The maximum atomic E-state index is 11.1. The Morgan fingerprint density at radius 3 is 2.69 bits per heavy atom. The van der Waals surface area contributed by atoms with Gasteiger partial charge in [0, 0.05) is 12.8 Å². The smallest absolute Gasteiger partial charge is 0.194 e. The van der Waals surface area contributed by atoms with Crippen LogP contribution in [0.25, 0.3) is 0 Å². The molecule has 0 aromatic carbocycles. The second kappa shape index (κ2) is 3.69. The molecular formula is C7H11N3O2S. The minimum atomic E-state index is -3.26. The molecular weight excluding hydrogens is 190 g/mol. The number of sulfone groups is 1. The van der Waals surface area contributed by atoms with Crippen LogP contribution in [0.2, 0.25) is 0 Å². The first-order valence-corrected chi connectivity index (χ1v) is 5.69. The van der Waals surface area contributed by atoms with Crippen molar-refractivity contribution in [3.05, 3.63) is 12.4 Å².